The molecule has 1 aromatic rings. The van der Waals surface area contributed by atoms with Crippen LogP contribution < -0.4 is 10.1 Å². The lowest BCUT2D eigenvalue weighted by molar-refractivity contribution is 0.0752. The van der Waals surface area contributed by atoms with Crippen LogP contribution in [0.25, 0.3) is 0 Å². The van der Waals surface area contributed by atoms with E-state index >= 15 is 0 Å². The molecule has 0 fully saturated rings. The SMILES string of the molecule is CCCSCC[C@@H]1NC(=O)c2ccccc2O1. The molecule has 92 valence electrons. The van der Waals surface area contributed by atoms with Crippen LogP contribution in [0.15, 0.2) is 24.3 Å². The number of para-hydroxylation sites is 1. The number of hydrogen-bond donors (Lipinski definition) is 1. The number of benzene rings is 1. The molecule has 1 aliphatic heterocycles. The Hall–Kier alpha value is -1.16. The Balaban J connectivity index is 1.91. The molecule has 17 heavy (non-hydrogen) atoms. The van der Waals surface area contributed by atoms with Gasteiger partial charge in [0, 0.05) is 6.42 Å². The van der Waals surface area contributed by atoms with Crippen LogP contribution in [0.1, 0.15) is 30.1 Å². The zero-order valence-corrected chi connectivity index (χ0v) is 10.8. The van der Waals surface area contributed by atoms with Gasteiger partial charge in [0.05, 0.1) is 5.56 Å². The maximum absolute atomic E-state index is 11.8. The highest BCUT2D eigenvalue weighted by Crippen LogP contribution is 2.23. The molecule has 0 radical (unpaired) electrons. The van der Waals surface area contributed by atoms with Crippen molar-refractivity contribution in [1.82, 2.24) is 5.32 Å². The van der Waals surface area contributed by atoms with E-state index in [2.05, 4.69) is 12.2 Å². The van der Waals surface area contributed by atoms with Crippen molar-refractivity contribution in [2.24, 2.45) is 0 Å². The first kappa shape index (κ1) is 12.3. The molecule has 1 heterocycles. The first-order valence-corrected chi connectivity index (χ1v) is 7.11. The molecule has 1 aliphatic rings. The number of carbonyl (C=O) groups excluding carboxylic acids is 1. The second-order valence-corrected chi connectivity index (χ2v) is 5.20. The minimum atomic E-state index is -0.179. The average molecular weight is 251 g/mol. The summed E-state index contributed by atoms with van der Waals surface area (Å²) in [5, 5.41) is 2.87. The van der Waals surface area contributed by atoms with Crippen molar-refractivity contribution in [3.05, 3.63) is 29.8 Å². The summed E-state index contributed by atoms with van der Waals surface area (Å²) >= 11 is 1.90. The van der Waals surface area contributed by atoms with E-state index in [4.69, 9.17) is 4.74 Å². The Labute approximate surface area is 106 Å². The van der Waals surface area contributed by atoms with Gasteiger partial charge in [0.2, 0.25) is 0 Å². The van der Waals surface area contributed by atoms with Crippen LogP contribution in [-0.4, -0.2) is 23.6 Å². The van der Waals surface area contributed by atoms with Gasteiger partial charge in [-0.3, -0.25) is 4.79 Å². The molecule has 1 N–H and O–H groups in total. The zero-order chi connectivity index (χ0) is 12.1. The second kappa shape index (κ2) is 5.96. The summed E-state index contributed by atoms with van der Waals surface area (Å²) in [5.74, 6) is 2.84. The van der Waals surface area contributed by atoms with Crippen LogP contribution in [0, 0.1) is 0 Å². The number of ether oxygens (including phenoxy) is 1. The summed E-state index contributed by atoms with van der Waals surface area (Å²) in [4.78, 5) is 11.8. The molecule has 0 aliphatic carbocycles. The Morgan fingerprint density at radius 1 is 1.35 bits per heavy atom. The fourth-order valence-electron chi connectivity index (χ4n) is 1.73. The van der Waals surface area contributed by atoms with Crippen molar-refractivity contribution in [2.45, 2.75) is 26.0 Å². The van der Waals surface area contributed by atoms with E-state index in [-0.39, 0.29) is 12.1 Å². The molecule has 0 aromatic heterocycles. The highest BCUT2D eigenvalue weighted by molar-refractivity contribution is 7.99. The van der Waals surface area contributed by atoms with Gasteiger partial charge in [-0.15, -0.1) is 0 Å². The summed E-state index contributed by atoms with van der Waals surface area (Å²) in [6.07, 6.45) is 1.86. The fraction of sp³-hybridized carbons (Fsp3) is 0.462. The first-order valence-electron chi connectivity index (χ1n) is 5.95. The number of rotatable bonds is 5. The standard InChI is InChI=1S/C13H17NO2S/c1-2-8-17-9-7-12-14-13(15)10-5-3-4-6-11(10)16-12/h3-6,12H,2,7-9H2,1H3,(H,14,15)/t12-/m1/s1. The van der Waals surface area contributed by atoms with E-state index in [1.165, 1.54) is 6.42 Å². The predicted octanol–water partition coefficient (Wildman–Crippen LogP) is 2.67. The summed E-state index contributed by atoms with van der Waals surface area (Å²) in [6, 6.07) is 7.37. The molecule has 1 amide bonds. The molecule has 1 aromatic carbocycles. The van der Waals surface area contributed by atoms with Crippen LogP contribution in [0.4, 0.5) is 0 Å². The van der Waals surface area contributed by atoms with E-state index in [0.717, 1.165) is 17.9 Å². The maximum atomic E-state index is 11.8. The van der Waals surface area contributed by atoms with Crippen molar-refractivity contribution < 1.29 is 9.53 Å². The van der Waals surface area contributed by atoms with Gasteiger partial charge < -0.3 is 10.1 Å². The van der Waals surface area contributed by atoms with Gasteiger partial charge in [0.25, 0.3) is 5.91 Å². The largest absolute Gasteiger partial charge is 0.470 e. The lowest BCUT2D eigenvalue weighted by Crippen LogP contribution is -2.43. The van der Waals surface area contributed by atoms with Crippen LogP contribution in [0.5, 0.6) is 5.75 Å². The minimum absolute atomic E-state index is 0.0302. The Morgan fingerprint density at radius 2 is 2.18 bits per heavy atom. The van der Waals surface area contributed by atoms with Gasteiger partial charge in [0.15, 0.2) is 6.23 Å². The number of carbonyl (C=O) groups is 1. The van der Waals surface area contributed by atoms with Crippen molar-refractivity contribution >= 4 is 17.7 Å². The molecule has 4 heteroatoms. The summed E-state index contributed by atoms with van der Waals surface area (Å²) in [7, 11) is 0. The van der Waals surface area contributed by atoms with E-state index in [1.54, 1.807) is 6.07 Å². The van der Waals surface area contributed by atoms with Crippen LogP contribution in [0.3, 0.4) is 0 Å². The first-order chi connectivity index (χ1) is 8.31. The van der Waals surface area contributed by atoms with Crippen LogP contribution in [0.2, 0.25) is 0 Å². The quantitative estimate of drug-likeness (QED) is 0.818. The molecular formula is C13H17NO2S. The minimum Gasteiger partial charge on any atom is -0.470 e. The Kier molecular flexibility index (Phi) is 4.31. The van der Waals surface area contributed by atoms with Crippen LogP contribution >= 0.6 is 11.8 Å². The van der Waals surface area contributed by atoms with Gasteiger partial charge in [-0.25, -0.2) is 0 Å². The average Bonchev–Trinajstić information content (AvgIpc) is 2.35. The summed E-state index contributed by atoms with van der Waals surface area (Å²) < 4.78 is 5.74. The van der Waals surface area contributed by atoms with Gasteiger partial charge >= 0.3 is 0 Å². The normalized spacial score (nSPS) is 18.2. The third kappa shape index (κ3) is 3.16. The molecule has 0 unspecified atom stereocenters. The number of thioether (sulfide) groups is 1. The highest BCUT2D eigenvalue weighted by Gasteiger charge is 2.24. The predicted molar refractivity (Wildman–Crippen MR) is 70.6 cm³/mol. The van der Waals surface area contributed by atoms with Crippen molar-refractivity contribution in [3.63, 3.8) is 0 Å². The molecule has 0 saturated heterocycles. The molecule has 0 spiro atoms. The van der Waals surface area contributed by atoms with E-state index in [1.807, 2.05) is 30.0 Å². The van der Waals surface area contributed by atoms with E-state index in [9.17, 15) is 4.79 Å². The molecule has 0 bridgehead atoms. The maximum Gasteiger partial charge on any atom is 0.257 e. The highest BCUT2D eigenvalue weighted by atomic mass is 32.2. The van der Waals surface area contributed by atoms with Gasteiger partial charge in [-0.2, -0.15) is 11.8 Å². The van der Waals surface area contributed by atoms with Crippen LogP contribution in [-0.2, 0) is 0 Å². The molecular weight excluding hydrogens is 234 g/mol. The lowest BCUT2D eigenvalue weighted by atomic mass is 10.1. The van der Waals surface area contributed by atoms with Crippen molar-refractivity contribution in [1.29, 1.82) is 0 Å². The number of nitrogens with one attached hydrogen (secondary N) is 1. The topological polar surface area (TPSA) is 38.3 Å². The number of fused-ring (bicyclic) bond motifs is 1. The number of hydrogen-bond acceptors (Lipinski definition) is 3. The Morgan fingerprint density at radius 3 is 3.00 bits per heavy atom. The van der Waals surface area contributed by atoms with E-state index in [0.29, 0.717) is 11.3 Å². The summed E-state index contributed by atoms with van der Waals surface area (Å²) in [6.45, 7) is 2.17. The fourth-order valence-corrected chi connectivity index (χ4v) is 2.61. The third-order valence-corrected chi connectivity index (χ3v) is 3.79. The Bertz CT molecular complexity index is 395. The third-order valence-electron chi connectivity index (χ3n) is 2.57. The molecule has 2 rings (SSSR count). The van der Waals surface area contributed by atoms with Gasteiger partial charge in [0.1, 0.15) is 5.75 Å². The lowest BCUT2D eigenvalue weighted by Gasteiger charge is -2.26. The van der Waals surface area contributed by atoms with Gasteiger partial charge in [-0.05, 0) is 30.1 Å². The molecule has 1 atom stereocenters. The van der Waals surface area contributed by atoms with Crippen molar-refractivity contribution in [3.8, 4) is 5.75 Å². The smallest absolute Gasteiger partial charge is 0.257 e. The second-order valence-electron chi connectivity index (χ2n) is 3.98. The summed E-state index contributed by atoms with van der Waals surface area (Å²) in [5.41, 5.74) is 0.630. The van der Waals surface area contributed by atoms with Gasteiger partial charge in [-0.1, -0.05) is 19.1 Å². The van der Waals surface area contributed by atoms with Crippen molar-refractivity contribution in [2.75, 3.05) is 11.5 Å². The molecule has 3 nitrogen and oxygen atoms in total. The monoisotopic (exact) mass is 251 g/mol. The zero-order valence-electron chi connectivity index (χ0n) is 9.94. The number of amides is 1. The van der Waals surface area contributed by atoms with E-state index < -0.39 is 0 Å². The molecule has 0 saturated carbocycles.